The zero-order valence-electron chi connectivity index (χ0n) is 17.4. The van der Waals surface area contributed by atoms with Crippen molar-refractivity contribution in [3.8, 4) is 11.3 Å². The molecule has 0 amide bonds. The van der Waals surface area contributed by atoms with E-state index in [4.69, 9.17) is 0 Å². The highest BCUT2D eigenvalue weighted by Crippen LogP contribution is 2.32. The zero-order chi connectivity index (χ0) is 22.3. The predicted molar refractivity (Wildman–Crippen MR) is 119 cm³/mol. The van der Waals surface area contributed by atoms with Crippen LogP contribution in [0.4, 0.5) is 21.8 Å². The van der Waals surface area contributed by atoms with E-state index in [1.165, 1.54) is 12.1 Å². The van der Waals surface area contributed by atoms with Gasteiger partial charge in [0.05, 0.1) is 16.0 Å². The molecule has 0 unspecified atom stereocenters. The third kappa shape index (κ3) is 4.06. The summed E-state index contributed by atoms with van der Waals surface area (Å²) in [5.41, 5.74) is 3.71. The molecule has 31 heavy (non-hydrogen) atoms. The van der Waals surface area contributed by atoms with Crippen LogP contribution < -0.4 is 10.6 Å². The van der Waals surface area contributed by atoms with Crippen LogP contribution in [0.1, 0.15) is 11.1 Å². The summed E-state index contributed by atoms with van der Waals surface area (Å²) >= 11 is 0. The fraction of sp³-hybridized carbons (Fsp3) is 0.190. The molecule has 0 aliphatic heterocycles. The van der Waals surface area contributed by atoms with Gasteiger partial charge in [-0.05, 0) is 55.3 Å². The molecule has 2 aromatic carbocycles. The van der Waals surface area contributed by atoms with E-state index in [1.807, 2.05) is 6.92 Å². The molecule has 0 spiro atoms. The molecule has 0 atom stereocenters. The predicted octanol–water partition coefficient (Wildman–Crippen LogP) is 3.96. The molecule has 2 aromatic heterocycles. The third-order valence-electron chi connectivity index (χ3n) is 4.86. The normalized spacial score (nSPS) is 11.6. The number of halogens is 1. The second kappa shape index (κ2) is 7.62. The molecule has 0 saturated heterocycles. The van der Waals surface area contributed by atoms with Crippen molar-refractivity contribution in [2.24, 2.45) is 0 Å². The molecular weight excluding hydrogens is 419 g/mol. The third-order valence-corrected chi connectivity index (χ3v) is 5.95. The number of aromatic nitrogens is 4. The lowest BCUT2D eigenvalue weighted by atomic mass is 10.1. The lowest BCUT2D eigenvalue weighted by molar-refractivity contribution is 0.602. The number of sulfone groups is 1. The molecule has 0 aliphatic carbocycles. The molecule has 10 heteroatoms. The minimum Gasteiger partial charge on any atom is -0.372 e. The first-order valence-electron chi connectivity index (χ1n) is 9.44. The van der Waals surface area contributed by atoms with Gasteiger partial charge in [0.15, 0.2) is 9.84 Å². The first-order valence-corrected chi connectivity index (χ1v) is 11.3. The topological polar surface area (TPSA) is 113 Å². The molecule has 8 nitrogen and oxygen atoms in total. The van der Waals surface area contributed by atoms with Gasteiger partial charge < -0.3 is 10.6 Å². The maximum absolute atomic E-state index is 14.1. The Morgan fingerprint density at radius 2 is 1.87 bits per heavy atom. The number of H-pyrrole nitrogens is 1. The van der Waals surface area contributed by atoms with Crippen LogP contribution in [0.15, 0.2) is 41.4 Å². The second-order valence-corrected chi connectivity index (χ2v) is 9.37. The Morgan fingerprint density at radius 1 is 1.10 bits per heavy atom. The molecule has 4 aromatic rings. The number of nitrogens with one attached hydrogen (secondary N) is 3. The summed E-state index contributed by atoms with van der Waals surface area (Å²) in [6.07, 6.45) is 2.75. The number of aromatic amines is 1. The van der Waals surface area contributed by atoms with Crippen molar-refractivity contribution in [3.63, 3.8) is 0 Å². The van der Waals surface area contributed by atoms with Crippen LogP contribution in [-0.4, -0.2) is 41.9 Å². The number of fused-ring (bicyclic) bond motifs is 1. The van der Waals surface area contributed by atoms with E-state index in [9.17, 15) is 12.8 Å². The molecule has 0 aliphatic rings. The van der Waals surface area contributed by atoms with Gasteiger partial charge in [0.25, 0.3) is 0 Å². The average molecular weight is 441 g/mol. The van der Waals surface area contributed by atoms with Gasteiger partial charge in [-0.3, -0.25) is 5.10 Å². The number of benzene rings is 2. The van der Waals surface area contributed by atoms with Gasteiger partial charge in [-0.25, -0.2) is 17.8 Å². The number of hydrogen-bond donors (Lipinski definition) is 3. The molecule has 2 heterocycles. The van der Waals surface area contributed by atoms with Crippen molar-refractivity contribution in [2.75, 3.05) is 23.9 Å². The SMILES string of the molecule is CNc1nc(Nc2cc(C)cc(S(C)(=O)=O)c2)ncc1-c1n[nH]c2cc(C)c(F)cc12. The Kier molecular flexibility index (Phi) is 5.10. The Bertz CT molecular complexity index is 1420. The number of aryl methyl sites for hydroxylation is 2. The summed E-state index contributed by atoms with van der Waals surface area (Å²) in [6, 6.07) is 8.08. The maximum atomic E-state index is 14.1. The quantitative estimate of drug-likeness (QED) is 0.430. The van der Waals surface area contributed by atoms with Crippen molar-refractivity contribution in [1.29, 1.82) is 0 Å². The standard InChI is InChI=1S/C21H21FN6O2S/c1-11-5-13(8-14(6-11)31(4,29)30)25-21-24-10-16(20(23-3)26-21)19-15-9-17(22)12(2)7-18(15)27-28-19/h5-10H,1-4H3,(H,27,28)(H2,23,24,25,26). The van der Waals surface area contributed by atoms with E-state index in [-0.39, 0.29) is 16.7 Å². The molecule has 0 radical (unpaired) electrons. The van der Waals surface area contributed by atoms with E-state index in [0.29, 0.717) is 39.2 Å². The van der Waals surface area contributed by atoms with Crippen LogP contribution in [0.5, 0.6) is 0 Å². The first-order chi connectivity index (χ1) is 14.7. The first kappa shape index (κ1) is 20.7. The number of hydrogen-bond acceptors (Lipinski definition) is 7. The van der Waals surface area contributed by atoms with Crippen LogP contribution in [0.25, 0.3) is 22.2 Å². The smallest absolute Gasteiger partial charge is 0.229 e. The van der Waals surface area contributed by atoms with E-state index in [0.717, 1.165) is 11.8 Å². The summed E-state index contributed by atoms with van der Waals surface area (Å²) in [4.78, 5) is 9.04. The van der Waals surface area contributed by atoms with Crippen molar-refractivity contribution < 1.29 is 12.8 Å². The van der Waals surface area contributed by atoms with Gasteiger partial charge >= 0.3 is 0 Å². The molecule has 0 fully saturated rings. The minimum absolute atomic E-state index is 0.209. The monoisotopic (exact) mass is 440 g/mol. The maximum Gasteiger partial charge on any atom is 0.229 e. The Hall–Kier alpha value is -3.53. The van der Waals surface area contributed by atoms with Crippen LogP contribution >= 0.6 is 0 Å². The second-order valence-electron chi connectivity index (χ2n) is 7.36. The van der Waals surface area contributed by atoms with E-state index < -0.39 is 9.84 Å². The summed E-state index contributed by atoms with van der Waals surface area (Å²) in [7, 11) is -1.64. The molecule has 0 bridgehead atoms. The molecule has 3 N–H and O–H groups in total. The number of anilines is 3. The van der Waals surface area contributed by atoms with Gasteiger partial charge in [-0.1, -0.05) is 0 Å². The van der Waals surface area contributed by atoms with E-state index in [2.05, 4.69) is 30.8 Å². The van der Waals surface area contributed by atoms with Gasteiger partial charge in [0.2, 0.25) is 5.95 Å². The lowest BCUT2D eigenvalue weighted by Gasteiger charge is -2.11. The van der Waals surface area contributed by atoms with Crippen LogP contribution in [0.2, 0.25) is 0 Å². The van der Waals surface area contributed by atoms with Crippen LogP contribution in [0, 0.1) is 19.7 Å². The van der Waals surface area contributed by atoms with E-state index >= 15 is 0 Å². The number of rotatable bonds is 5. The van der Waals surface area contributed by atoms with Gasteiger partial charge in [-0.2, -0.15) is 10.1 Å². The highest BCUT2D eigenvalue weighted by Gasteiger charge is 2.17. The highest BCUT2D eigenvalue weighted by molar-refractivity contribution is 7.90. The van der Waals surface area contributed by atoms with Crippen molar-refractivity contribution in [3.05, 3.63) is 53.5 Å². The van der Waals surface area contributed by atoms with Crippen LogP contribution in [-0.2, 0) is 9.84 Å². The van der Waals surface area contributed by atoms with Gasteiger partial charge in [-0.15, -0.1) is 0 Å². The minimum atomic E-state index is -3.35. The van der Waals surface area contributed by atoms with Crippen molar-refractivity contribution in [2.45, 2.75) is 18.7 Å². The van der Waals surface area contributed by atoms with E-state index in [1.54, 1.807) is 38.4 Å². The van der Waals surface area contributed by atoms with Crippen molar-refractivity contribution >= 4 is 38.2 Å². The molecular formula is C21H21FN6O2S. The highest BCUT2D eigenvalue weighted by atomic mass is 32.2. The molecule has 160 valence electrons. The summed E-state index contributed by atoms with van der Waals surface area (Å²) in [6.45, 7) is 3.50. The zero-order valence-corrected chi connectivity index (χ0v) is 18.2. The Morgan fingerprint density at radius 3 is 2.58 bits per heavy atom. The van der Waals surface area contributed by atoms with Crippen LogP contribution in [0.3, 0.4) is 0 Å². The summed E-state index contributed by atoms with van der Waals surface area (Å²) < 4.78 is 37.9. The largest absolute Gasteiger partial charge is 0.372 e. The molecule has 0 saturated carbocycles. The van der Waals surface area contributed by atoms with Gasteiger partial charge in [0, 0.05) is 30.6 Å². The molecule has 4 rings (SSSR count). The fourth-order valence-corrected chi connectivity index (χ4v) is 4.06. The number of nitrogens with zero attached hydrogens (tertiary/aromatic N) is 3. The lowest BCUT2D eigenvalue weighted by Crippen LogP contribution is -2.04. The summed E-state index contributed by atoms with van der Waals surface area (Å²) in [5, 5.41) is 13.9. The Labute approximate surface area is 178 Å². The average Bonchev–Trinajstić information content (AvgIpc) is 3.09. The summed E-state index contributed by atoms with van der Waals surface area (Å²) in [5.74, 6) is 0.449. The Balaban J connectivity index is 1.74. The van der Waals surface area contributed by atoms with Gasteiger partial charge in [0.1, 0.15) is 17.3 Å². The van der Waals surface area contributed by atoms with Crippen molar-refractivity contribution in [1.82, 2.24) is 20.2 Å². The fourth-order valence-electron chi connectivity index (χ4n) is 3.32.